The molecule has 4 atom stereocenters. The molecule has 2 aliphatic carbocycles. The van der Waals surface area contributed by atoms with E-state index >= 15 is 0 Å². The topological polar surface area (TPSA) is 147 Å². The number of fused-ring (bicyclic) bond motifs is 8. The monoisotopic (exact) mass is 1950 g/mol. The molecule has 13 heteroatoms. The summed E-state index contributed by atoms with van der Waals surface area (Å²) < 4.78 is 0. The Morgan fingerprint density at radius 3 is 0.575 bits per heavy atom. The molecule has 2 saturated carbocycles. The van der Waals surface area contributed by atoms with Crippen LogP contribution in [-0.4, -0.2) is 76.2 Å². The normalized spacial score (nSPS) is 14.9. The second-order valence-electron chi connectivity index (χ2n) is 33.9. The van der Waals surface area contributed by atoms with Crippen molar-refractivity contribution in [2.24, 2.45) is 20.0 Å². The number of phenolic OH excluding ortho intramolecular Hbond substituents is 4. The molecule has 2 aliphatic rings. The molecule has 0 heterocycles. The number of carbonyl (C=O) groups excluding carboxylic acids is 1. The molecule has 9 nitrogen and oxygen atoms in total. The van der Waals surface area contributed by atoms with E-state index in [0.717, 1.165) is 227 Å². The fraction of sp³-hybridized carbons (Fsp3) is 0.0992. The van der Waals surface area contributed by atoms with Crippen molar-refractivity contribution < 1.29 is 64.2 Å². The maximum absolute atomic E-state index is 12.5. The third kappa shape index (κ3) is 18.4. The molecule has 2 fully saturated rings. The Morgan fingerprint density at radius 2 is 0.381 bits per heavy atom. The molecule has 4 N–H and O–H groups in total. The van der Waals surface area contributed by atoms with Crippen molar-refractivity contribution in [3.63, 3.8) is 0 Å². The Morgan fingerprint density at radius 1 is 0.216 bits per heavy atom. The standard InChI is InChI=1S/2C60H46N2O2.CHO.2Ru.2H2S/c2*63-59-45(35-43-23-9-13-27-49(43)57(59)55-47-25-11-7-21-41(47)31-33-51(55)39-17-3-1-4-18-39)37-61-53-29-15-16-30-54(53)62-38-46-36-44-24-10-14-28-50(44)58(60(46)64)56-48-26-12-8-22-42(48)32-34-52(56)40-19-5-2-6-20-40;1-2;;;;/h2*1-14,17-28,31-38,53-54,63-64H,15-16,29-30H2;1H;;;2*1H2/q;;-1;;+1;;/t2*53-,54-;;;;;/m10...../s1. The van der Waals surface area contributed by atoms with Crippen LogP contribution in [0.4, 0.5) is 0 Å². The van der Waals surface area contributed by atoms with Gasteiger partial charge in [-0.25, -0.2) is 0 Å². The number of phenols is 4. The molecule has 134 heavy (non-hydrogen) atoms. The number of aromatic hydroxyl groups is 4. The summed E-state index contributed by atoms with van der Waals surface area (Å²) in [5.74, 6) is 0.847. The summed E-state index contributed by atoms with van der Waals surface area (Å²) in [4.78, 5) is 28.7. The van der Waals surface area contributed by atoms with Gasteiger partial charge >= 0.3 is 19.5 Å². The van der Waals surface area contributed by atoms with Crippen LogP contribution in [-0.2, 0) is 43.8 Å². The van der Waals surface area contributed by atoms with E-state index < -0.39 is 0 Å². The van der Waals surface area contributed by atoms with E-state index in [9.17, 15) is 20.4 Å². The van der Waals surface area contributed by atoms with Crippen molar-refractivity contribution in [1.82, 2.24) is 0 Å². The summed E-state index contributed by atoms with van der Waals surface area (Å²) in [6.45, 7) is 3.25. The van der Waals surface area contributed by atoms with Gasteiger partial charge in [0.15, 0.2) is 0 Å². The van der Waals surface area contributed by atoms with Crippen LogP contribution < -0.4 is 0 Å². The summed E-state index contributed by atoms with van der Waals surface area (Å²) in [6, 6.07) is 134. The third-order valence-electron chi connectivity index (χ3n) is 26.3. The van der Waals surface area contributed by atoms with Gasteiger partial charge in [-0.3, -0.25) is 26.8 Å². The van der Waals surface area contributed by atoms with Crippen LogP contribution in [0.3, 0.4) is 0 Å². The third-order valence-corrected chi connectivity index (χ3v) is 26.3. The van der Waals surface area contributed by atoms with Gasteiger partial charge in [0.25, 0.3) is 0 Å². The summed E-state index contributed by atoms with van der Waals surface area (Å²) in [7, 11) is 0. The van der Waals surface area contributed by atoms with Gasteiger partial charge < -0.3 is 25.2 Å². The molecular formula is C121H97N4O5Ru2S2. The molecule has 0 saturated heterocycles. The minimum atomic E-state index is -0.0958. The van der Waals surface area contributed by atoms with E-state index in [0.29, 0.717) is 22.3 Å². The Balaban J connectivity index is 0.000000186. The number of nitrogens with zero attached hydrogens (tertiary/aromatic N) is 4. The Labute approximate surface area is 820 Å². The van der Waals surface area contributed by atoms with Crippen molar-refractivity contribution in [2.45, 2.75) is 75.5 Å². The number of hydrogen-bond donors (Lipinski definition) is 4. The first kappa shape index (κ1) is 93.2. The van der Waals surface area contributed by atoms with E-state index in [-0.39, 0.29) is 113 Å². The summed E-state index contributed by atoms with van der Waals surface area (Å²) in [5.41, 5.74) is 18.5. The van der Waals surface area contributed by atoms with E-state index in [1.54, 1.807) is 0 Å². The van der Waals surface area contributed by atoms with Gasteiger partial charge in [0.05, 0.1) is 24.2 Å². The predicted molar refractivity (Wildman–Crippen MR) is 566 cm³/mol. The quantitative estimate of drug-likeness (QED) is 0.0329. The van der Waals surface area contributed by atoms with Crippen molar-refractivity contribution in [3.8, 4) is 112 Å². The predicted octanol–water partition coefficient (Wildman–Crippen LogP) is 30.4. The van der Waals surface area contributed by atoms with Gasteiger partial charge in [-0.15, -0.1) is 0 Å². The van der Waals surface area contributed by atoms with Gasteiger partial charge in [-0.05, 0) is 181 Å². The SMILES string of the molecule is Oc1c(C=N[C@@H]2CCCC[C@H]2N=Cc2cc3ccccc3c(-c3c(-c4ccccc4)ccc4ccccc34)c2O)cc2ccccc2c1-c1c(-c2ccccc2)ccc2ccccc12.Oc1c(C=N[C@H]2CCCC[C@@H]2N=Cc2cc3ccccc3c(-c3c(-c4ccccc4)ccc4ccccc34)c2O)cc2ccccc2c1-c1c(-c2ccccc2)ccc2ccccc12.S.S.[CH-]=O.[Ru+].[Ru]. The number of benzene rings is 20. The maximum Gasteiger partial charge on any atom is 1.00 e. The van der Waals surface area contributed by atoms with Crippen molar-refractivity contribution >= 4 is 145 Å². The van der Waals surface area contributed by atoms with Gasteiger partial charge in [-0.1, -0.05) is 390 Å². The number of rotatable bonds is 16. The van der Waals surface area contributed by atoms with E-state index in [4.69, 9.17) is 24.8 Å². The molecule has 0 aromatic heterocycles. The van der Waals surface area contributed by atoms with Gasteiger partial charge in [0.1, 0.15) is 23.0 Å². The molecule has 20 aromatic carbocycles. The molecule has 0 spiro atoms. The Bertz CT molecular complexity index is 6910. The maximum atomic E-state index is 12.5. The van der Waals surface area contributed by atoms with Crippen LogP contribution in [0, 0.1) is 0 Å². The molecule has 659 valence electrons. The molecular weight excluding hydrogens is 1860 g/mol. The minimum absolute atomic E-state index is 0. The van der Waals surface area contributed by atoms with E-state index in [1.165, 1.54) is 0 Å². The molecule has 0 aliphatic heterocycles. The zero-order valence-corrected chi connectivity index (χ0v) is 79.0. The molecule has 0 amide bonds. The second kappa shape index (κ2) is 42.2. The average Bonchev–Trinajstić information content (AvgIpc) is 0.754. The summed E-state index contributed by atoms with van der Waals surface area (Å²) in [5, 5.41) is 66.7. The minimum Gasteiger partial charge on any atom is -0.545 e. The summed E-state index contributed by atoms with van der Waals surface area (Å²) >= 11 is 0. The average molecular weight is 1950 g/mol. The number of hydrogen-bond acceptors (Lipinski definition) is 9. The smallest absolute Gasteiger partial charge is 0.545 e. The molecule has 20 aromatic rings. The first-order chi connectivity index (χ1) is 64.2. The Kier molecular flexibility index (Phi) is 29.4. The molecule has 1 radical (unpaired) electrons. The fourth-order valence-electron chi connectivity index (χ4n) is 20.0. The zero-order chi connectivity index (χ0) is 88.0. The second-order valence-corrected chi connectivity index (χ2v) is 33.9. The van der Waals surface area contributed by atoms with Crippen LogP contribution in [0.15, 0.2) is 408 Å². The van der Waals surface area contributed by atoms with Gasteiger partial charge in [-0.2, -0.15) is 27.0 Å². The number of aliphatic imine (C=N–C) groups is 4. The first-order valence-electron chi connectivity index (χ1n) is 44.9. The van der Waals surface area contributed by atoms with Crippen LogP contribution >= 0.6 is 27.0 Å². The largest absolute Gasteiger partial charge is 1.00 e. The van der Waals surface area contributed by atoms with Crippen LogP contribution in [0.2, 0.25) is 0 Å². The molecule has 22 rings (SSSR count). The first-order valence-corrected chi connectivity index (χ1v) is 44.9. The van der Waals surface area contributed by atoms with Crippen molar-refractivity contribution in [2.75, 3.05) is 0 Å². The van der Waals surface area contributed by atoms with Gasteiger partial charge in [0.2, 0.25) is 0 Å². The van der Waals surface area contributed by atoms with Crippen LogP contribution in [0.1, 0.15) is 73.6 Å². The van der Waals surface area contributed by atoms with Crippen LogP contribution in [0.5, 0.6) is 23.0 Å². The molecule has 0 bridgehead atoms. The fourth-order valence-corrected chi connectivity index (χ4v) is 20.0. The van der Waals surface area contributed by atoms with E-state index in [2.05, 4.69) is 322 Å². The van der Waals surface area contributed by atoms with E-state index in [1.807, 2.05) is 97.7 Å². The molecule has 0 unspecified atom stereocenters. The van der Waals surface area contributed by atoms with Gasteiger partial charge in [0, 0.05) is 111 Å². The Hall–Kier alpha value is -14.0. The van der Waals surface area contributed by atoms with Crippen molar-refractivity contribution in [1.29, 1.82) is 0 Å². The summed E-state index contributed by atoms with van der Waals surface area (Å²) in [6.07, 6.45) is 15.2. The zero-order valence-electron chi connectivity index (χ0n) is 73.5. The van der Waals surface area contributed by atoms with Crippen molar-refractivity contribution in [3.05, 3.63) is 411 Å². The van der Waals surface area contributed by atoms with Crippen LogP contribution in [0.25, 0.3) is 175 Å².